The predicted molar refractivity (Wildman–Crippen MR) is 94.3 cm³/mol. The number of carbonyl (C=O) groups excluding carboxylic acids is 3. The first-order valence-electron chi connectivity index (χ1n) is 8.03. The molecule has 2 rings (SSSR count). The van der Waals surface area contributed by atoms with Crippen molar-refractivity contribution in [2.75, 3.05) is 25.6 Å². The standard InChI is InChI=1S/C19H18FNO6/c1-3-26-19(24)14-6-4-5-7-16(14)21-17(22)11-27-18(23)13-9-8-12(25-2)10-15(13)20/h4-10H,3,11H2,1-2H3,(H,21,22). The van der Waals surface area contributed by atoms with Crippen molar-refractivity contribution in [3.63, 3.8) is 0 Å². The molecule has 0 unspecified atom stereocenters. The zero-order valence-corrected chi connectivity index (χ0v) is 14.8. The van der Waals surface area contributed by atoms with E-state index in [0.29, 0.717) is 0 Å². The number of esters is 2. The van der Waals surface area contributed by atoms with Crippen LogP contribution in [-0.2, 0) is 14.3 Å². The summed E-state index contributed by atoms with van der Waals surface area (Å²) in [5.41, 5.74) is 0.0587. The van der Waals surface area contributed by atoms with E-state index < -0.39 is 30.3 Å². The van der Waals surface area contributed by atoms with Gasteiger partial charge in [-0.15, -0.1) is 0 Å². The zero-order valence-electron chi connectivity index (χ0n) is 14.8. The van der Waals surface area contributed by atoms with Gasteiger partial charge in [0.2, 0.25) is 0 Å². The zero-order chi connectivity index (χ0) is 19.8. The summed E-state index contributed by atoms with van der Waals surface area (Å²) < 4.78 is 28.4. The molecule has 8 heteroatoms. The first-order valence-corrected chi connectivity index (χ1v) is 8.03. The van der Waals surface area contributed by atoms with Crippen LogP contribution in [0, 0.1) is 5.82 Å². The lowest BCUT2D eigenvalue weighted by Crippen LogP contribution is -2.22. The largest absolute Gasteiger partial charge is 0.497 e. The average molecular weight is 375 g/mol. The number of methoxy groups -OCH3 is 1. The van der Waals surface area contributed by atoms with Gasteiger partial charge in [0, 0.05) is 6.07 Å². The summed E-state index contributed by atoms with van der Waals surface area (Å²) in [5, 5.41) is 2.46. The van der Waals surface area contributed by atoms with E-state index in [9.17, 15) is 18.8 Å². The fraction of sp³-hybridized carbons (Fsp3) is 0.211. The quantitative estimate of drug-likeness (QED) is 0.749. The Kier molecular flexibility index (Phi) is 6.87. The molecule has 0 radical (unpaired) electrons. The van der Waals surface area contributed by atoms with Gasteiger partial charge in [0.05, 0.1) is 30.5 Å². The third-order valence-corrected chi connectivity index (χ3v) is 3.43. The van der Waals surface area contributed by atoms with Crippen LogP contribution in [0.3, 0.4) is 0 Å². The van der Waals surface area contributed by atoms with Crippen LogP contribution in [0.4, 0.5) is 10.1 Å². The van der Waals surface area contributed by atoms with Crippen molar-refractivity contribution in [1.29, 1.82) is 0 Å². The SMILES string of the molecule is CCOC(=O)c1ccccc1NC(=O)COC(=O)c1ccc(OC)cc1F. The maximum absolute atomic E-state index is 13.8. The van der Waals surface area contributed by atoms with Crippen molar-refractivity contribution < 1.29 is 33.0 Å². The first kappa shape index (κ1) is 19.9. The first-order chi connectivity index (χ1) is 13.0. The predicted octanol–water partition coefficient (Wildman–Crippen LogP) is 2.81. The van der Waals surface area contributed by atoms with Crippen LogP contribution >= 0.6 is 0 Å². The van der Waals surface area contributed by atoms with Crippen molar-refractivity contribution in [1.82, 2.24) is 0 Å². The molecule has 0 aliphatic heterocycles. The van der Waals surface area contributed by atoms with Crippen LogP contribution in [0.5, 0.6) is 5.75 Å². The molecule has 0 aliphatic carbocycles. The van der Waals surface area contributed by atoms with Crippen molar-refractivity contribution in [2.45, 2.75) is 6.92 Å². The summed E-state index contributed by atoms with van der Waals surface area (Å²) in [6.07, 6.45) is 0. The van der Waals surface area contributed by atoms with Crippen LogP contribution in [-0.4, -0.2) is 38.2 Å². The third kappa shape index (κ3) is 5.27. The van der Waals surface area contributed by atoms with Crippen molar-refractivity contribution >= 4 is 23.5 Å². The minimum Gasteiger partial charge on any atom is -0.497 e. The van der Waals surface area contributed by atoms with Crippen molar-refractivity contribution in [2.24, 2.45) is 0 Å². The van der Waals surface area contributed by atoms with Crippen molar-refractivity contribution in [3.05, 3.63) is 59.4 Å². The number of halogens is 1. The summed E-state index contributed by atoms with van der Waals surface area (Å²) in [6, 6.07) is 9.87. The Balaban J connectivity index is 1.99. The van der Waals surface area contributed by atoms with E-state index in [1.807, 2.05) is 0 Å². The van der Waals surface area contributed by atoms with Gasteiger partial charge < -0.3 is 19.5 Å². The summed E-state index contributed by atoms with van der Waals surface area (Å²) in [7, 11) is 1.37. The molecule has 2 aromatic rings. The van der Waals surface area contributed by atoms with E-state index in [1.54, 1.807) is 19.1 Å². The van der Waals surface area contributed by atoms with E-state index in [4.69, 9.17) is 14.2 Å². The molecule has 142 valence electrons. The minimum atomic E-state index is -0.996. The van der Waals surface area contributed by atoms with Crippen LogP contribution in [0.2, 0.25) is 0 Å². The average Bonchev–Trinajstić information content (AvgIpc) is 2.66. The van der Waals surface area contributed by atoms with Crippen LogP contribution < -0.4 is 10.1 Å². The Morgan fingerprint density at radius 2 is 1.70 bits per heavy atom. The number of nitrogens with one attached hydrogen (secondary N) is 1. The molecule has 0 saturated carbocycles. The smallest absolute Gasteiger partial charge is 0.341 e. The molecule has 27 heavy (non-hydrogen) atoms. The lowest BCUT2D eigenvalue weighted by molar-refractivity contribution is -0.119. The summed E-state index contributed by atoms with van der Waals surface area (Å²) in [6.45, 7) is 1.20. The van der Waals surface area contributed by atoms with E-state index in [-0.39, 0.29) is 29.2 Å². The van der Waals surface area contributed by atoms with E-state index in [1.165, 1.54) is 31.4 Å². The van der Waals surface area contributed by atoms with Gasteiger partial charge in [-0.3, -0.25) is 4.79 Å². The van der Waals surface area contributed by atoms with E-state index in [2.05, 4.69) is 5.32 Å². The number of amides is 1. The second kappa shape index (κ2) is 9.33. The highest BCUT2D eigenvalue weighted by atomic mass is 19.1. The number of benzene rings is 2. The Labute approximate surface area is 155 Å². The Morgan fingerprint density at radius 1 is 1.00 bits per heavy atom. The number of ether oxygens (including phenoxy) is 3. The molecule has 0 heterocycles. The number of anilines is 1. The maximum Gasteiger partial charge on any atom is 0.341 e. The van der Waals surface area contributed by atoms with Gasteiger partial charge in [-0.05, 0) is 31.2 Å². The Morgan fingerprint density at radius 3 is 2.37 bits per heavy atom. The minimum absolute atomic E-state index is 0.167. The molecule has 0 saturated heterocycles. The lowest BCUT2D eigenvalue weighted by atomic mass is 10.2. The van der Waals surface area contributed by atoms with Crippen molar-refractivity contribution in [3.8, 4) is 5.75 Å². The van der Waals surface area contributed by atoms with Crippen LogP contribution in [0.15, 0.2) is 42.5 Å². The molecule has 0 aromatic heterocycles. The molecule has 1 N–H and O–H groups in total. The number of hydrogen-bond donors (Lipinski definition) is 1. The molecule has 0 fully saturated rings. The highest BCUT2D eigenvalue weighted by molar-refractivity contribution is 6.02. The van der Waals surface area contributed by atoms with Gasteiger partial charge in [-0.25, -0.2) is 14.0 Å². The second-order valence-electron chi connectivity index (χ2n) is 5.24. The van der Waals surface area contributed by atoms with E-state index >= 15 is 0 Å². The Bertz CT molecular complexity index is 852. The van der Waals surface area contributed by atoms with Gasteiger partial charge in [0.15, 0.2) is 6.61 Å². The molecule has 0 spiro atoms. The van der Waals surface area contributed by atoms with Gasteiger partial charge in [-0.2, -0.15) is 0 Å². The summed E-state index contributed by atoms with van der Waals surface area (Å²) >= 11 is 0. The number of rotatable bonds is 7. The normalized spacial score (nSPS) is 10.0. The topological polar surface area (TPSA) is 90.9 Å². The number of carbonyl (C=O) groups is 3. The maximum atomic E-state index is 13.8. The fourth-order valence-corrected chi connectivity index (χ4v) is 2.16. The van der Waals surface area contributed by atoms with Gasteiger partial charge >= 0.3 is 11.9 Å². The summed E-state index contributed by atoms with van der Waals surface area (Å²) in [4.78, 5) is 35.8. The van der Waals surface area contributed by atoms with Gasteiger partial charge in [0.1, 0.15) is 11.6 Å². The summed E-state index contributed by atoms with van der Waals surface area (Å²) in [5.74, 6) is -2.85. The highest BCUT2D eigenvalue weighted by Gasteiger charge is 2.17. The molecular weight excluding hydrogens is 357 g/mol. The second-order valence-corrected chi connectivity index (χ2v) is 5.24. The molecule has 2 aromatic carbocycles. The van der Waals surface area contributed by atoms with Crippen LogP contribution in [0.25, 0.3) is 0 Å². The highest BCUT2D eigenvalue weighted by Crippen LogP contribution is 2.18. The fourth-order valence-electron chi connectivity index (χ4n) is 2.16. The third-order valence-electron chi connectivity index (χ3n) is 3.43. The van der Waals surface area contributed by atoms with Crippen LogP contribution in [0.1, 0.15) is 27.6 Å². The molecule has 0 aliphatic rings. The molecule has 1 amide bonds. The van der Waals surface area contributed by atoms with Gasteiger partial charge in [0.25, 0.3) is 5.91 Å². The molecule has 0 atom stereocenters. The van der Waals surface area contributed by atoms with E-state index in [0.717, 1.165) is 6.07 Å². The lowest BCUT2D eigenvalue weighted by Gasteiger charge is -2.11. The molecule has 0 bridgehead atoms. The Hall–Kier alpha value is -3.42. The number of hydrogen-bond acceptors (Lipinski definition) is 6. The van der Waals surface area contributed by atoms with Gasteiger partial charge in [-0.1, -0.05) is 12.1 Å². The monoisotopic (exact) mass is 375 g/mol. The molecular formula is C19H18FNO6. The molecule has 7 nitrogen and oxygen atoms in total. The number of para-hydroxylation sites is 1.